The van der Waals surface area contributed by atoms with Gasteiger partial charge in [-0.15, -0.1) is 11.8 Å². The van der Waals surface area contributed by atoms with Crippen LogP contribution in [-0.4, -0.2) is 20.6 Å². The molecule has 0 saturated carbocycles. The molecular formula is C12H9N5S. The quantitative estimate of drug-likeness (QED) is 0.531. The van der Waals surface area contributed by atoms with Crippen molar-refractivity contribution in [1.82, 2.24) is 14.4 Å². The van der Waals surface area contributed by atoms with Crippen molar-refractivity contribution >= 4 is 34.4 Å². The Balaban J connectivity index is 2.55. The number of imidazole rings is 1. The molecule has 3 aromatic rings. The number of nitrogens with two attached hydrogens (primary N) is 1. The third-order valence-corrected chi connectivity index (χ3v) is 3.44. The number of nitrogens with zero attached hydrogens (tertiary/aromatic N) is 4. The molecule has 0 aliphatic rings. The molecule has 0 atom stereocenters. The van der Waals surface area contributed by atoms with Crippen molar-refractivity contribution in [3.8, 4) is 6.07 Å². The van der Waals surface area contributed by atoms with Crippen LogP contribution in [0.2, 0.25) is 0 Å². The highest BCUT2D eigenvalue weighted by Crippen LogP contribution is 2.27. The fourth-order valence-corrected chi connectivity index (χ4v) is 2.47. The van der Waals surface area contributed by atoms with E-state index in [0.717, 1.165) is 11.0 Å². The average Bonchev–Trinajstić information content (AvgIpc) is 2.76. The zero-order chi connectivity index (χ0) is 12.7. The molecule has 18 heavy (non-hydrogen) atoms. The molecule has 3 rings (SSSR count). The number of nitrogen functional groups attached to an aromatic ring is 1. The Morgan fingerprint density at radius 1 is 1.33 bits per heavy atom. The number of benzene rings is 1. The first-order valence-corrected chi connectivity index (χ1v) is 6.49. The van der Waals surface area contributed by atoms with E-state index < -0.39 is 0 Å². The first-order chi connectivity index (χ1) is 8.76. The molecule has 0 unspecified atom stereocenters. The summed E-state index contributed by atoms with van der Waals surface area (Å²) in [7, 11) is 0. The van der Waals surface area contributed by atoms with Crippen molar-refractivity contribution in [3.05, 3.63) is 29.8 Å². The number of hydrogen-bond acceptors (Lipinski definition) is 5. The first-order valence-electron chi connectivity index (χ1n) is 5.27. The number of fused-ring (bicyclic) bond motifs is 3. The molecule has 2 aromatic heterocycles. The number of para-hydroxylation sites is 2. The number of rotatable bonds is 1. The van der Waals surface area contributed by atoms with E-state index in [0.29, 0.717) is 22.2 Å². The van der Waals surface area contributed by atoms with E-state index in [1.807, 2.05) is 30.5 Å². The Bertz CT molecular complexity index is 799. The van der Waals surface area contributed by atoms with Crippen molar-refractivity contribution in [1.29, 1.82) is 5.26 Å². The first kappa shape index (κ1) is 10.9. The minimum atomic E-state index is 0.389. The molecule has 5 nitrogen and oxygen atoms in total. The van der Waals surface area contributed by atoms with Crippen molar-refractivity contribution in [2.75, 3.05) is 12.0 Å². The van der Waals surface area contributed by atoms with Gasteiger partial charge in [-0.25, -0.2) is 9.97 Å². The lowest BCUT2D eigenvalue weighted by atomic mass is 10.3. The Morgan fingerprint density at radius 3 is 2.83 bits per heavy atom. The monoisotopic (exact) mass is 255 g/mol. The van der Waals surface area contributed by atoms with Gasteiger partial charge >= 0.3 is 0 Å². The summed E-state index contributed by atoms with van der Waals surface area (Å²) in [6.45, 7) is 0. The standard InChI is InChI=1S/C12H9N5S/c1-18-11-7(6-13)10(14)17-9-5-3-2-4-8(9)15-12(17)16-11/h2-5H,14H2,1H3. The minimum absolute atomic E-state index is 0.389. The van der Waals surface area contributed by atoms with Gasteiger partial charge in [0.2, 0.25) is 5.78 Å². The fourth-order valence-electron chi connectivity index (χ4n) is 1.95. The normalized spacial score (nSPS) is 10.9. The molecule has 0 spiro atoms. The molecule has 0 saturated heterocycles. The van der Waals surface area contributed by atoms with Crippen LogP contribution in [0.1, 0.15) is 5.56 Å². The van der Waals surface area contributed by atoms with Crippen LogP contribution in [0.5, 0.6) is 0 Å². The van der Waals surface area contributed by atoms with Gasteiger partial charge in [0.05, 0.1) is 11.0 Å². The van der Waals surface area contributed by atoms with E-state index in [2.05, 4.69) is 16.0 Å². The molecular weight excluding hydrogens is 246 g/mol. The van der Waals surface area contributed by atoms with Crippen molar-refractivity contribution < 1.29 is 0 Å². The fraction of sp³-hybridized carbons (Fsp3) is 0.0833. The van der Waals surface area contributed by atoms with Gasteiger partial charge in [-0.1, -0.05) is 12.1 Å². The minimum Gasteiger partial charge on any atom is -0.384 e. The van der Waals surface area contributed by atoms with Crippen molar-refractivity contribution in [2.24, 2.45) is 0 Å². The van der Waals surface area contributed by atoms with Crippen LogP contribution in [0.25, 0.3) is 16.8 Å². The third-order valence-electron chi connectivity index (χ3n) is 2.76. The van der Waals surface area contributed by atoms with Crippen LogP contribution in [0, 0.1) is 11.3 Å². The second-order valence-electron chi connectivity index (χ2n) is 3.73. The topological polar surface area (TPSA) is 80.0 Å². The van der Waals surface area contributed by atoms with Gasteiger partial charge in [-0.2, -0.15) is 5.26 Å². The van der Waals surface area contributed by atoms with Crippen LogP contribution in [0.3, 0.4) is 0 Å². The molecule has 0 amide bonds. The molecule has 0 fully saturated rings. The molecule has 6 heteroatoms. The van der Waals surface area contributed by atoms with E-state index in [1.54, 1.807) is 4.40 Å². The maximum absolute atomic E-state index is 9.18. The summed E-state index contributed by atoms with van der Waals surface area (Å²) in [5, 5.41) is 9.79. The van der Waals surface area contributed by atoms with Crippen LogP contribution >= 0.6 is 11.8 Å². The summed E-state index contributed by atoms with van der Waals surface area (Å²) in [5.41, 5.74) is 8.15. The molecule has 1 aromatic carbocycles. The van der Waals surface area contributed by atoms with E-state index in [4.69, 9.17) is 5.73 Å². The summed E-state index contributed by atoms with van der Waals surface area (Å²) in [6.07, 6.45) is 1.86. The summed E-state index contributed by atoms with van der Waals surface area (Å²) >= 11 is 1.39. The SMILES string of the molecule is CSc1nc2nc3ccccc3n2c(N)c1C#N. The Morgan fingerprint density at radius 2 is 2.11 bits per heavy atom. The lowest BCUT2D eigenvalue weighted by Gasteiger charge is -2.06. The van der Waals surface area contributed by atoms with Gasteiger partial charge < -0.3 is 5.73 Å². The van der Waals surface area contributed by atoms with Crippen LogP contribution in [0.4, 0.5) is 5.82 Å². The maximum atomic E-state index is 9.18. The Kier molecular flexibility index (Phi) is 2.35. The zero-order valence-corrected chi connectivity index (χ0v) is 10.4. The zero-order valence-electron chi connectivity index (χ0n) is 9.58. The lowest BCUT2D eigenvalue weighted by molar-refractivity contribution is 1.04. The Labute approximate surface area is 107 Å². The van der Waals surface area contributed by atoms with Gasteiger partial charge in [0.15, 0.2) is 0 Å². The largest absolute Gasteiger partial charge is 0.384 e. The van der Waals surface area contributed by atoms with Gasteiger partial charge in [0, 0.05) is 0 Å². The van der Waals surface area contributed by atoms with Gasteiger partial charge in [-0.3, -0.25) is 4.40 Å². The highest BCUT2D eigenvalue weighted by molar-refractivity contribution is 7.98. The molecule has 2 N–H and O–H groups in total. The maximum Gasteiger partial charge on any atom is 0.237 e. The van der Waals surface area contributed by atoms with Crippen LogP contribution in [0.15, 0.2) is 29.3 Å². The average molecular weight is 255 g/mol. The van der Waals surface area contributed by atoms with E-state index in [9.17, 15) is 5.26 Å². The molecule has 0 aliphatic heterocycles. The van der Waals surface area contributed by atoms with E-state index in [-0.39, 0.29) is 0 Å². The number of aromatic nitrogens is 3. The van der Waals surface area contributed by atoms with E-state index >= 15 is 0 Å². The number of nitriles is 1. The highest BCUT2D eigenvalue weighted by atomic mass is 32.2. The predicted octanol–water partition coefficient (Wildman–Crippen LogP) is 2.06. The Hall–Kier alpha value is -2.26. The predicted molar refractivity (Wildman–Crippen MR) is 71.4 cm³/mol. The second-order valence-corrected chi connectivity index (χ2v) is 4.52. The summed E-state index contributed by atoms with van der Waals surface area (Å²) in [6, 6.07) is 9.73. The summed E-state index contributed by atoms with van der Waals surface area (Å²) < 4.78 is 1.72. The van der Waals surface area contributed by atoms with Crippen molar-refractivity contribution in [2.45, 2.75) is 5.03 Å². The molecule has 0 radical (unpaired) electrons. The highest BCUT2D eigenvalue weighted by Gasteiger charge is 2.15. The summed E-state index contributed by atoms with van der Waals surface area (Å²) in [5.74, 6) is 0.914. The third kappa shape index (κ3) is 1.34. The molecule has 2 heterocycles. The number of hydrogen-bond donors (Lipinski definition) is 1. The van der Waals surface area contributed by atoms with Gasteiger partial charge in [-0.05, 0) is 18.4 Å². The van der Waals surface area contributed by atoms with Crippen molar-refractivity contribution in [3.63, 3.8) is 0 Å². The number of anilines is 1. The molecule has 88 valence electrons. The molecule has 0 aliphatic carbocycles. The lowest BCUT2D eigenvalue weighted by Crippen LogP contribution is -2.04. The number of thioether (sulfide) groups is 1. The molecule has 0 bridgehead atoms. The second kappa shape index (κ2) is 3.89. The van der Waals surface area contributed by atoms with Crippen LogP contribution < -0.4 is 5.73 Å². The van der Waals surface area contributed by atoms with E-state index in [1.165, 1.54) is 11.8 Å². The smallest absolute Gasteiger partial charge is 0.237 e. The van der Waals surface area contributed by atoms with Gasteiger partial charge in [0.1, 0.15) is 22.5 Å². The summed E-state index contributed by atoms with van der Waals surface area (Å²) in [4.78, 5) is 8.78. The van der Waals surface area contributed by atoms with Gasteiger partial charge in [0.25, 0.3) is 0 Å². The van der Waals surface area contributed by atoms with Crippen LogP contribution in [-0.2, 0) is 0 Å².